The van der Waals surface area contributed by atoms with Crippen LogP contribution in [0.3, 0.4) is 0 Å². The summed E-state index contributed by atoms with van der Waals surface area (Å²) in [5.41, 5.74) is 13.9. The Labute approximate surface area is 97.5 Å². The highest BCUT2D eigenvalue weighted by Crippen LogP contribution is 2.48. The van der Waals surface area contributed by atoms with Gasteiger partial charge in [-0.2, -0.15) is 0 Å². The summed E-state index contributed by atoms with van der Waals surface area (Å²) in [7, 11) is 0. The zero-order valence-electron chi connectivity index (χ0n) is 10.6. The van der Waals surface area contributed by atoms with E-state index in [1.54, 1.807) is 0 Å². The van der Waals surface area contributed by atoms with Crippen LogP contribution in [-0.4, -0.2) is 12.1 Å². The maximum absolute atomic E-state index is 6.21. The Bertz CT molecular complexity index is 377. The zero-order valence-corrected chi connectivity index (χ0v) is 10.6. The third kappa shape index (κ3) is 1.63. The predicted octanol–water partition coefficient (Wildman–Crippen LogP) is 1.90. The Morgan fingerprint density at radius 1 is 1.38 bits per heavy atom. The highest BCUT2D eigenvalue weighted by molar-refractivity contribution is 5.38. The lowest BCUT2D eigenvalue weighted by molar-refractivity contribution is 0.0748. The number of rotatable bonds is 1. The Balaban J connectivity index is 2.46. The Kier molecular flexibility index (Phi) is 2.35. The van der Waals surface area contributed by atoms with Crippen LogP contribution in [0.2, 0.25) is 0 Å². The smallest absolute Gasteiger partial charge is 0.104 e. The minimum atomic E-state index is -0.138. The van der Waals surface area contributed by atoms with Crippen molar-refractivity contribution in [2.75, 3.05) is 6.54 Å². The van der Waals surface area contributed by atoms with Crippen molar-refractivity contribution in [3.63, 3.8) is 0 Å². The molecular weight excluding hydrogens is 200 g/mol. The molecular formula is C13H22N2O. The number of allylic oxidation sites excluding steroid dienone is 2. The largest absolute Gasteiger partial charge is 0.492 e. The zero-order chi connectivity index (χ0) is 12.1. The van der Waals surface area contributed by atoms with Crippen LogP contribution >= 0.6 is 0 Å². The van der Waals surface area contributed by atoms with E-state index in [1.807, 2.05) is 0 Å². The van der Waals surface area contributed by atoms with Gasteiger partial charge in [0, 0.05) is 30.0 Å². The highest BCUT2D eigenvalue weighted by Gasteiger charge is 2.44. The van der Waals surface area contributed by atoms with Crippen LogP contribution in [0, 0.1) is 11.3 Å². The highest BCUT2D eigenvalue weighted by atomic mass is 16.5. The molecule has 0 aromatic rings. The van der Waals surface area contributed by atoms with Crippen LogP contribution in [0.15, 0.2) is 23.1 Å². The van der Waals surface area contributed by atoms with E-state index >= 15 is 0 Å². The summed E-state index contributed by atoms with van der Waals surface area (Å²) in [6.45, 7) is 8.97. The van der Waals surface area contributed by atoms with E-state index in [0.717, 1.165) is 23.5 Å². The molecule has 1 aliphatic carbocycles. The second kappa shape index (κ2) is 3.27. The van der Waals surface area contributed by atoms with Gasteiger partial charge in [-0.05, 0) is 25.5 Å². The first kappa shape index (κ1) is 11.5. The Hall–Kier alpha value is -0.960. The average molecular weight is 222 g/mol. The van der Waals surface area contributed by atoms with Gasteiger partial charge in [0.2, 0.25) is 0 Å². The normalized spacial score (nSPS) is 30.8. The van der Waals surface area contributed by atoms with E-state index in [1.165, 1.54) is 0 Å². The van der Waals surface area contributed by atoms with Crippen molar-refractivity contribution in [1.29, 1.82) is 0 Å². The van der Waals surface area contributed by atoms with Gasteiger partial charge in [0.15, 0.2) is 0 Å². The number of ether oxygens (including phenoxy) is 1. The van der Waals surface area contributed by atoms with Crippen LogP contribution in [0.25, 0.3) is 0 Å². The van der Waals surface area contributed by atoms with E-state index in [4.69, 9.17) is 16.2 Å². The molecule has 0 amide bonds. The summed E-state index contributed by atoms with van der Waals surface area (Å²) < 4.78 is 5.98. The third-order valence-electron chi connectivity index (χ3n) is 3.62. The molecule has 16 heavy (non-hydrogen) atoms. The van der Waals surface area contributed by atoms with Crippen molar-refractivity contribution in [2.45, 2.75) is 39.7 Å². The molecule has 0 saturated carbocycles. The molecule has 0 aromatic carbocycles. The Morgan fingerprint density at radius 3 is 2.56 bits per heavy atom. The van der Waals surface area contributed by atoms with Gasteiger partial charge in [-0.15, -0.1) is 0 Å². The molecule has 1 heterocycles. The van der Waals surface area contributed by atoms with Crippen molar-refractivity contribution >= 4 is 0 Å². The number of nitrogens with two attached hydrogens (primary N) is 2. The van der Waals surface area contributed by atoms with Crippen molar-refractivity contribution in [3.05, 3.63) is 23.1 Å². The number of hydrogen-bond acceptors (Lipinski definition) is 3. The first-order chi connectivity index (χ1) is 7.27. The first-order valence-electron chi connectivity index (χ1n) is 5.88. The maximum atomic E-state index is 6.21. The monoisotopic (exact) mass is 222 g/mol. The molecule has 1 atom stereocenters. The minimum absolute atomic E-state index is 0.0996. The topological polar surface area (TPSA) is 61.3 Å². The summed E-state index contributed by atoms with van der Waals surface area (Å²) >= 11 is 0. The average Bonchev–Trinajstić information content (AvgIpc) is 2.40. The molecule has 0 spiro atoms. The lowest BCUT2D eigenvalue weighted by atomic mass is 9.75. The van der Waals surface area contributed by atoms with Crippen molar-refractivity contribution in [1.82, 2.24) is 0 Å². The fourth-order valence-corrected chi connectivity index (χ4v) is 2.74. The summed E-state index contributed by atoms with van der Waals surface area (Å²) in [5, 5.41) is 0. The second-order valence-corrected chi connectivity index (χ2v) is 6.03. The summed E-state index contributed by atoms with van der Waals surface area (Å²) in [6, 6.07) is 0. The van der Waals surface area contributed by atoms with E-state index in [0.29, 0.717) is 12.5 Å². The molecule has 90 valence electrons. The predicted molar refractivity (Wildman–Crippen MR) is 65.4 cm³/mol. The van der Waals surface area contributed by atoms with Gasteiger partial charge in [-0.3, -0.25) is 0 Å². The van der Waals surface area contributed by atoms with Crippen LogP contribution in [0.4, 0.5) is 0 Å². The molecule has 0 aromatic heterocycles. The van der Waals surface area contributed by atoms with E-state index < -0.39 is 0 Å². The van der Waals surface area contributed by atoms with Crippen LogP contribution in [0.1, 0.15) is 34.1 Å². The third-order valence-corrected chi connectivity index (χ3v) is 3.62. The molecule has 1 aliphatic heterocycles. The first-order valence-corrected chi connectivity index (χ1v) is 5.88. The minimum Gasteiger partial charge on any atom is -0.492 e. The fraction of sp³-hybridized carbons (Fsp3) is 0.692. The van der Waals surface area contributed by atoms with Gasteiger partial charge in [-0.25, -0.2) is 0 Å². The van der Waals surface area contributed by atoms with Gasteiger partial charge >= 0.3 is 0 Å². The number of hydrogen-bond donors (Lipinski definition) is 2. The molecule has 4 N–H and O–H groups in total. The maximum Gasteiger partial charge on any atom is 0.104 e. The lowest BCUT2D eigenvalue weighted by Gasteiger charge is -2.32. The standard InChI is InChI=1S/C13H22N2O/c1-12(2)6-10-8(5-13(3,4)16-10)9(7-14)11(12)15/h6,8H,5,7,14-15H2,1-4H3. The fourth-order valence-electron chi connectivity index (χ4n) is 2.74. The SMILES string of the molecule is CC1(C)CC2C(=CC(C)(C)C(N)=C2CN)O1. The molecule has 1 saturated heterocycles. The lowest BCUT2D eigenvalue weighted by Crippen LogP contribution is -2.31. The van der Waals surface area contributed by atoms with Gasteiger partial charge < -0.3 is 16.2 Å². The molecule has 2 aliphatic rings. The molecule has 1 unspecified atom stereocenters. The van der Waals surface area contributed by atoms with E-state index in [-0.39, 0.29) is 11.0 Å². The van der Waals surface area contributed by atoms with Crippen LogP contribution < -0.4 is 11.5 Å². The van der Waals surface area contributed by atoms with Gasteiger partial charge in [0.1, 0.15) is 11.4 Å². The molecule has 0 bridgehead atoms. The summed E-state index contributed by atoms with van der Waals surface area (Å²) in [4.78, 5) is 0. The molecule has 3 heteroatoms. The van der Waals surface area contributed by atoms with Crippen LogP contribution in [-0.2, 0) is 4.74 Å². The van der Waals surface area contributed by atoms with Gasteiger partial charge in [0.05, 0.1) is 0 Å². The molecule has 3 nitrogen and oxygen atoms in total. The van der Waals surface area contributed by atoms with Crippen molar-refractivity contribution < 1.29 is 4.74 Å². The van der Waals surface area contributed by atoms with Crippen molar-refractivity contribution in [2.24, 2.45) is 22.8 Å². The summed E-state index contributed by atoms with van der Waals surface area (Å²) in [6.07, 6.45) is 3.13. The molecule has 0 radical (unpaired) electrons. The number of fused-ring (bicyclic) bond motifs is 1. The molecule has 1 fully saturated rings. The van der Waals surface area contributed by atoms with E-state index in [2.05, 4.69) is 33.8 Å². The van der Waals surface area contributed by atoms with Crippen molar-refractivity contribution in [3.8, 4) is 0 Å². The quantitative estimate of drug-likeness (QED) is 0.712. The van der Waals surface area contributed by atoms with Crippen LogP contribution in [0.5, 0.6) is 0 Å². The Morgan fingerprint density at radius 2 is 2.00 bits per heavy atom. The van der Waals surface area contributed by atoms with E-state index in [9.17, 15) is 0 Å². The van der Waals surface area contributed by atoms with Gasteiger partial charge in [-0.1, -0.05) is 13.8 Å². The molecule has 2 rings (SSSR count). The summed E-state index contributed by atoms with van der Waals surface area (Å²) in [5.74, 6) is 1.36. The second-order valence-electron chi connectivity index (χ2n) is 6.03. The van der Waals surface area contributed by atoms with Gasteiger partial charge in [0.25, 0.3) is 0 Å².